The maximum absolute atomic E-state index is 12.9. The molecule has 0 atom stereocenters. The maximum atomic E-state index is 12.9. The lowest BCUT2D eigenvalue weighted by molar-refractivity contribution is 0.102. The summed E-state index contributed by atoms with van der Waals surface area (Å²) in [6.07, 6.45) is 0. The number of sulfonamides is 1. The van der Waals surface area contributed by atoms with Crippen LogP contribution in [0.2, 0.25) is 0 Å². The van der Waals surface area contributed by atoms with E-state index in [0.29, 0.717) is 5.69 Å². The minimum Gasteiger partial charge on any atom is -0.372 e. The number of amides is 1. The van der Waals surface area contributed by atoms with Crippen LogP contribution in [0.4, 0.5) is 17.1 Å². The van der Waals surface area contributed by atoms with Crippen LogP contribution in [0.3, 0.4) is 0 Å². The zero-order chi connectivity index (χ0) is 22.4. The first-order chi connectivity index (χ1) is 14.8. The van der Waals surface area contributed by atoms with Crippen molar-refractivity contribution in [3.63, 3.8) is 0 Å². The van der Waals surface area contributed by atoms with Crippen LogP contribution < -0.4 is 14.9 Å². The van der Waals surface area contributed by atoms with Crippen molar-refractivity contribution in [1.82, 2.24) is 0 Å². The number of hydrogen-bond donors (Lipinski definition) is 2. The van der Waals surface area contributed by atoms with Crippen molar-refractivity contribution in [3.8, 4) is 0 Å². The molecule has 0 saturated carbocycles. The molecule has 0 aliphatic rings. The van der Waals surface area contributed by atoms with Gasteiger partial charge in [0.1, 0.15) is 0 Å². The molecule has 2 N–H and O–H groups in total. The SMILES string of the molecule is CCN(CC)c1ccc(NC(=O)c2ccccc2NS(=O)(=O)c2ccc(Br)cc2)cc1. The van der Waals surface area contributed by atoms with E-state index in [2.05, 4.69) is 44.7 Å². The normalized spacial score (nSPS) is 11.1. The molecule has 3 aromatic carbocycles. The first kappa shape index (κ1) is 22.8. The maximum Gasteiger partial charge on any atom is 0.261 e. The van der Waals surface area contributed by atoms with Gasteiger partial charge in [-0.2, -0.15) is 0 Å². The lowest BCUT2D eigenvalue weighted by Crippen LogP contribution is -2.21. The number of benzene rings is 3. The van der Waals surface area contributed by atoms with E-state index in [1.165, 1.54) is 12.1 Å². The summed E-state index contributed by atoms with van der Waals surface area (Å²) >= 11 is 3.29. The number of nitrogens with zero attached hydrogens (tertiary/aromatic N) is 1. The molecule has 0 unspecified atom stereocenters. The molecule has 6 nitrogen and oxygen atoms in total. The molecule has 0 heterocycles. The number of nitrogens with one attached hydrogen (secondary N) is 2. The van der Waals surface area contributed by atoms with Gasteiger partial charge in [0.05, 0.1) is 16.1 Å². The van der Waals surface area contributed by atoms with E-state index in [9.17, 15) is 13.2 Å². The first-order valence-electron chi connectivity index (χ1n) is 9.88. The van der Waals surface area contributed by atoms with E-state index in [1.807, 2.05) is 24.3 Å². The molecule has 3 rings (SSSR count). The Hall–Kier alpha value is -2.84. The molecule has 0 bridgehead atoms. The Bertz CT molecular complexity index is 1140. The Labute approximate surface area is 191 Å². The predicted octanol–water partition coefficient (Wildman–Crippen LogP) is 5.35. The molecule has 0 aromatic heterocycles. The van der Waals surface area contributed by atoms with Crippen LogP contribution in [-0.2, 0) is 10.0 Å². The van der Waals surface area contributed by atoms with Gasteiger partial charge in [-0.15, -0.1) is 0 Å². The molecule has 8 heteroatoms. The fourth-order valence-electron chi connectivity index (χ4n) is 3.13. The molecule has 0 radical (unpaired) electrons. The van der Waals surface area contributed by atoms with Crippen LogP contribution in [0.15, 0.2) is 82.2 Å². The predicted molar refractivity (Wildman–Crippen MR) is 129 cm³/mol. The van der Waals surface area contributed by atoms with E-state index in [4.69, 9.17) is 0 Å². The van der Waals surface area contributed by atoms with Crippen LogP contribution in [0.1, 0.15) is 24.2 Å². The van der Waals surface area contributed by atoms with Crippen molar-refractivity contribution in [3.05, 3.63) is 82.8 Å². The van der Waals surface area contributed by atoms with Crippen molar-refractivity contribution in [1.29, 1.82) is 0 Å². The molecule has 0 aliphatic carbocycles. The van der Waals surface area contributed by atoms with Gasteiger partial charge in [0.15, 0.2) is 0 Å². The van der Waals surface area contributed by atoms with E-state index in [0.717, 1.165) is 23.2 Å². The standard InChI is InChI=1S/C23H24BrN3O3S/c1-3-27(4-2)19-13-11-18(12-14-19)25-23(28)21-7-5-6-8-22(21)26-31(29,30)20-15-9-17(24)10-16-20/h5-16,26H,3-4H2,1-2H3,(H,25,28). The summed E-state index contributed by atoms with van der Waals surface area (Å²) in [6.45, 7) is 5.97. The van der Waals surface area contributed by atoms with Gasteiger partial charge in [-0.3, -0.25) is 9.52 Å². The van der Waals surface area contributed by atoms with E-state index < -0.39 is 15.9 Å². The Morgan fingerprint density at radius 1 is 0.903 bits per heavy atom. The van der Waals surface area contributed by atoms with Crippen molar-refractivity contribution in [2.75, 3.05) is 28.0 Å². The van der Waals surface area contributed by atoms with Gasteiger partial charge >= 0.3 is 0 Å². The second-order valence-corrected chi connectivity index (χ2v) is 9.38. The minimum atomic E-state index is -3.84. The third kappa shape index (κ3) is 5.65. The zero-order valence-electron chi connectivity index (χ0n) is 17.3. The van der Waals surface area contributed by atoms with Crippen LogP contribution in [0.5, 0.6) is 0 Å². The minimum absolute atomic E-state index is 0.109. The van der Waals surface area contributed by atoms with Crippen molar-refractivity contribution >= 4 is 48.9 Å². The quantitative estimate of drug-likeness (QED) is 0.436. The van der Waals surface area contributed by atoms with E-state index in [-0.39, 0.29) is 16.1 Å². The van der Waals surface area contributed by atoms with Gasteiger partial charge in [-0.25, -0.2) is 8.42 Å². The Morgan fingerprint density at radius 3 is 2.13 bits per heavy atom. The lowest BCUT2D eigenvalue weighted by atomic mass is 10.1. The summed E-state index contributed by atoms with van der Waals surface area (Å²) < 4.78 is 28.8. The van der Waals surface area contributed by atoms with E-state index >= 15 is 0 Å². The average Bonchev–Trinajstić information content (AvgIpc) is 2.76. The summed E-state index contributed by atoms with van der Waals surface area (Å²) in [5, 5.41) is 2.84. The number of para-hydroxylation sites is 1. The molecule has 1 amide bonds. The lowest BCUT2D eigenvalue weighted by Gasteiger charge is -2.21. The molecule has 162 valence electrons. The second-order valence-electron chi connectivity index (χ2n) is 6.78. The summed E-state index contributed by atoms with van der Waals surface area (Å²) in [4.78, 5) is 15.2. The fourth-order valence-corrected chi connectivity index (χ4v) is 4.47. The average molecular weight is 502 g/mol. The van der Waals surface area contributed by atoms with Crippen LogP contribution in [0.25, 0.3) is 0 Å². The van der Waals surface area contributed by atoms with Crippen molar-refractivity contribution in [2.24, 2.45) is 0 Å². The molecular weight excluding hydrogens is 478 g/mol. The molecule has 0 aliphatic heterocycles. The van der Waals surface area contributed by atoms with Crippen molar-refractivity contribution < 1.29 is 13.2 Å². The number of rotatable bonds is 8. The summed E-state index contributed by atoms with van der Waals surface area (Å²) in [5.41, 5.74) is 2.15. The molecule has 31 heavy (non-hydrogen) atoms. The highest BCUT2D eigenvalue weighted by atomic mass is 79.9. The second kappa shape index (κ2) is 9.98. The largest absolute Gasteiger partial charge is 0.372 e. The molecule has 3 aromatic rings. The van der Waals surface area contributed by atoms with Gasteiger partial charge in [0, 0.05) is 28.9 Å². The third-order valence-corrected chi connectivity index (χ3v) is 6.70. The van der Waals surface area contributed by atoms with Gasteiger partial charge in [-0.05, 0) is 74.5 Å². The molecule has 0 spiro atoms. The van der Waals surface area contributed by atoms with E-state index in [1.54, 1.807) is 36.4 Å². The van der Waals surface area contributed by atoms with Gasteiger partial charge < -0.3 is 10.2 Å². The number of anilines is 3. The van der Waals surface area contributed by atoms with Crippen molar-refractivity contribution in [2.45, 2.75) is 18.7 Å². The van der Waals surface area contributed by atoms with Gasteiger partial charge in [0.25, 0.3) is 15.9 Å². The number of halogens is 1. The van der Waals surface area contributed by atoms with Crippen LogP contribution in [-0.4, -0.2) is 27.4 Å². The smallest absolute Gasteiger partial charge is 0.261 e. The number of carbonyl (C=O) groups is 1. The molecular formula is C23H24BrN3O3S. The molecule has 0 saturated heterocycles. The van der Waals surface area contributed by atoms with Crippen LogP contribution >= 0.6 is 15.9 Å². The zero-order valence-corrected chi connectivity index (χ0v) is 19.7. The molecule has 0 fully saturated rings. The highest BCUT2D eigenvalue weighted by molar-refractivity contribution is 9.10. The summed E-state index contributed by atoms with van der Waals surface area (Å²) in [5.74, 6) is -0.398. The summed E-state index contributed by atoms with van der Waals surface area (Å²) in [7, 11) is -3.84. The van der Waals surface area contributed by atoms with Gasteiger partial charge in [0.2, 0.25) is 0 Å². The van der Waals surface area contributed by atoms with Crippen LogP contribution in [0, 0.1) is 0 Å². The monoisotopic (exact) mass is 501 g/mol. The Morgan fingerprint density at radius 2 is 1.52 bits per heavy atom. The fraction of sp³-hybridized carbons (Fsp3) is 0.174. The van der Waals surface area contributed by atoms with Gasteiger partial charge in [-0.1, -0.05) is 28.1 Å². The third-order valence-electron chi connectivity index (χ3n) is 4.79. The Kier molecular flexibility index (Phi) is 7.35. The Balaban J connectivity index is 1.79. The highest BCUT2D eigenvalue weighted by Crippen LogP contribution is 2.23. The summed E-state index contributed by atoms with van der Waals surface area (Å²) in [6, 6.07) is 20.4. The first-order valence-corrected chi connectivity index (χ1v) is 12.2. The number of hydrogen-bond acceptors (Lipinski definition) is 4. The highest BCUT2D eigenvalue weighted by Gasteiger charge is 2.18. The number of carbonyl (C=O) groups excluding carboxylic acids is 1. The topological polar surface area (TPSA) is 78.5 Å².